The van der Waals surface area contributed by atoms with Gasteiger partial charge in [0.05, 0.1) is 23.4 Å². The number of rotatable bonds is 2. The van der Waals surface area contributed by atoms with Gasteiger partial charge in [0, 0.05) is 18.7 Å². The van der Waals surface area contributed by atoms with Gasteiger partial charge >= 0.3 is 0 Å². The van der Waals surface area contributed by atoms with Gasteiger partial charge in [0.15, 0.2) is 0 Å². The van der Waals surface area contributed by atoms with Crippen molar-refractivity contribution in [3.05, 3.63) is 22.7 Å². The topological polar surface area (TPSA) is 55.6 Å². The number of amides is 1. The van der Waals surface area contributed by atoms with Crippen molar-refractivity contribution in [3.63, 3.8) is 0 Å². The fraction of sp³-hybridized carbons (Fsp3) is 0.462. The van der Waals surface area contributed by atoms with E-state index in [9.17, 15) is 4.79 Å². The van der Waals surface area contributed by atoms with E-state index in [0.717, 1.165) is 19.4 Å². The first kappa shape index (κ1) is 15.9. The molecule has 106 valence electrons. The van der Waals surface area contributed by atoms with Crippen molar-refractivity contribution in [3.8, 4) is 5.75 Å². The van der Waals surface area contributed by atoms with E-state index < -0.39 is 0 Å². The highest BCUT2D eigenvalue weighted by molar-refractivity contribution is 6.33. The lowest BCUT2D eigenvalue weighted by atomic mass is 10.1. The van der Waals surface area contributed by atoms with Crippen LogP contribution in [0.15, 0.2) is 12.1 Å². The average Bonchev–Trinajstić information content (AvgIpc) is 2.77. The molecule has 0 aromatic heterocycles. The fourth-order valence-electron chi connectivity index (χ4n) is 2.29. The zero-order chi connectivity index (χ0) is 13.3. The fourth-order valence-corrected chi connectivity index (χ4v) is 2.46. The van der Waals surface area contributed by atoms with Crippen LogP contribution >= 0.6 is 24.0 Å². The van der Waals surface area contributed by atoms with Gasteiger partial charge in [0.25, 0.3) is 5.91 Å². The molecule has 1 aromatic rings. The van der Waals surface area contributed by atoms with Gasteiger partial charge in [-0.05, 0) is 25.8 Å². The first-order valence-electron chi connectivity index (χ1n) is 5.98. The third-order valence-corrected chi connectivity index (χ3v) is 3.69. The molecular formula is C13H18Cl2N2O2. The number of carbonyl (C=O) groups excluding carboxylic acids is 1. The SMILES string of the molecule is COc1cc(N)c(Cl)cc1C(=O)N1CCCC1C.Cl. The number of likely N-dealkylation sites (tertiary alicyclic amines) is 1. The lowest BCUT2D eigenvalue weighted by Gasteiger charge is -2.22. The Balaban J connectivity index is 0.00000180. The van der Waals surface area contributed by atoms with Crippen LogP contribution in [0.5, 0.6) is 5.75 Å². The minimum absolute atomic E-state index is 0. The summed E-state index contributed by atoms with van der Waals surface area (Å²) in [5.74, 6) is 0.430. The van der Waals surface area contributed by atoms with Crippen molar-refractivity contribution in [1.29, 1.82) is 0 Å². The van der Waals surface area contributed by atoms with Crippen molar-refractivity contribution < 1.29 is 9.53 Å². The quantitative estimate of drug-likeness (QED) is 0.855. The zero-order valence-corrected chi connectivity index (χ0v) is 12.6. The normalized spacial score (nSPS) is 18.1. The third kappa shape index (κ3) is 3.07. The van der Waals surface area contributed by atoms with Gasteiger partial charge in [-0.15, -0.1) is 12.4 Å². The first-order valence-corrected chi connectivity index (χ1v) is 6.36. The van der Waals surface area contributed by atoms with Crippen molar-refractivity contribution in [2.24, 2.45) is 0 Å². The molecule has 2 N–H and O–H groups in total. The van der Waals surface area contributed by atoms with Gasteiger partial charge in [0.2, 0.25) is 0 Å². The largest absolute Gasteiger partial charge is 0.496 e. The van der Waals surface area contributed by atoms with Crippen LogP contribution in [0.3, 0.4) is 0 Å². The maximum Gasteiger partial charge on any atom is 0.257 e. The van der Waals surface area contributed by atoms with Crippen LogP contribution in [0.25, 0.3) is 0 Å². The Labute approximate surface area is 124 Å². The summed E-state index contributed by atoms with van der Waals surface area (Å²) in [5.41, 5.74) is 6.60. The van der Waals surface area contributed by atoms with Crippen molar-refractivity contribution >= 4 is 35.6 Å². The molecule has 4 nitrogen and oxygen atoms in total. The predicted molar refractivity (Wildman–Crippen MR) is 79.4 cm³/mol. The molecular weight excluding hydrogens is 287 g/mol. The van der Waals surface area contributed by atoms with Crippen molar-refractivity contribution in [2.45, 2.75) is 25.8 Å². The molecule has 1 atom stereocenters. The molecule has 2 rings (SSSR count). The lowest BCUT2D eigenvalue weighted by molar-refractivity contribution is 0.0744. The van der Waals surface area contributed by atoms with Crippen LogP contribution in [0.1, 0.15) is 30.1 Å². The first-order chi connectivity index (χ1) is 8.54. The van der Waals surface area contributed by atoms with E-state index in [2.05, 4.69) is 6.92 Å². The molecule has 1 heterocycles. The molecule has 1 fully saturated rings. The van der Waals surface area contributed by atoms with Crippen LogP contribution in [-0.2, 0) is 0 Å². The van der Waals surface area contributed by atoms with Gasteiger partial charge in [-0.1, -0.05) is 11.6 Å². The van der Waals surface area contributed by atoms with Gasteiger partial charge in [-0.2, -0.15) is 0 Å². The smallest absolute Gasteiger partial charge is 0.257 e. The number of ether oxygens (including phenoxy) is 1. The second-order valence-electron chi connectivity index (χ2n) is 4.56. The van der Waals surface area contributed by atoms with Crippen LogP contribution in [0, 0.1) is 0 Å². The van der Waals surface area contributed by atoms with Gasteiger partial charge in [-0.25, -0.2) is 0 Å². The number of hydrogen-bond donors (Lipinski definition) is 1. The van der Waals surface area contributed by atoms with Crippen LogP contribution in [0.4, 0.5) is 5.69 Å². The Morgan fingerprint density at radius 1 is 1.53 bits per heavy atom. The standard InChI is InChI=1S/C13H17ClN2O2.ClH/c1-8-4-3-5-16(8)13(17)9-6-10(14)11(15)7-12(9)18-2;/h6-8H,3-5,15H2,1-2H3;1H. The third-order valence-electron chi connectivity index (χ3n) is 3.36. The van der Waals surface area contributed by atoms with Crippen LogP contribution in [-0.4, -0.2) is 30.5 Å². The van der Waals surface area contributed by atoms with Gasteiger partial charge in [-0.3, -0.25) is 4.79 Å². The van der Waals surface area contributed by atoms with Crippen LogP contribution < -0.4 is 10.5 Å². The Kier molecular flexibility index (Phi) is 5.32. The number of methoxy groups -OCH3 is 1. The number of carbonyl (C=O) groups is 1. The summed E-state index contributed by atoms with van der Waals surface area (Å²) >= 11 is 5.98. The molecule has 0 spiro atoms. The van der Waals surface area contributed by atoms with E-state index >= 15 is 0 Å². The summed E-state index contributed by atoms with van der Waals surface area (Å²) < 4.78 is 5.21. The van der Waals surface area contributed by atoms with Gasteiger partial charge in [0.1, 0.15) is 5.75 Å². The van der Waals surface area contributed by atoms with Gasteiger partial charge < -0.3 is 15.4 Å². The number of halogens is 2. The lowest BCUT2D eigenvalue weighted by Crippen LogP contribution is -2.33. The number of nitrogen functional groups attached to an aromatic ring is 1. The Morgan fingerprint density at radius 3 is 2.74 bits per heavy atom. The van der Waals surface area contributed by atoms with E-state index in [1.165, 1.54) is 7.11 Å². The molecule has 1 aromatic carbocycles. The highest BCUT2D eigenvalue weighted by Gasteiger charge is 2.28. The number of anilines is 1. The van der Waals surface area contributed by atoms with E-state index in [-0.39, 0.29) is 24.4 Å². The molecule has 1 aliphatic rings. The number of hydrogen-bond acceptors (Lipinski definition) is 3. The molecule has 1 aliphatic heterocycles. The second kappa shape index (κ2) is 6.35. The maximum absolute atomic E-state index is 12.4. The Bertz CT molecular complexity index is 480. The molecule has 1 unspecified atom stereocenters. The molecule has 19 heavy (non-hydrogen) atoms. The summed E-state index contributed by atoms with van der Waals surface area (Å²) in [6.07, 6.45) is 2.08. The zero-order valence-electron chi connectivity index (χ0n) is 11.0. The average molecular weight is 305 g/mol. The van der Waals surface area contributed by atoms with E-state index in [4.69, 9.17) is 22.1 Å². The highest BCUT2D eigenvalue weighted by Crippen LogP contribution is 2.31. The summed E-state index contributed by atoms with van der Waals surface area (Å²) in [5, 5.41) is 0.381. The Hall–Kier alpha value is -1.13. The van der Waals surface area contributed by atoms with Crippen LogP contribution in [0.2, 0.25) is 5.02 Å². The van der Waals surface area contributed by atoms with Crippen molar-refractivity contribution in [1.82, 2.24) is 4.90 Å². The summed E-state index contributed by atoms with van der Waals surface area (Å²) in [4.78, 5) is 14.3. The van der Waals surface area contributed by atoms with Crippen molar-refractivity contribution in [2.75, 3.05) is 19.4 Å². The number of benzene rings is 1. The maximum atomic E-state index is 12.4. The molecule has 0 bridgehead atoms. The predicted octanol–water partition coefficient (Wildman–Crippen LogP) is 2.98. The minimum Gasteiger partial charge on any atom is -0.496 e. The minimum atomic E-state index is -0.0428. The number of nitrogens with two attached hydrogens (primary N) is 1. The van der Waals surface area contributed by atoms with E-state index in [1.54, 1.807) is 12.1 Å². The summed E-state index contributed by atoms with van der Waals surface area (Å²) in [7, 11) is 1.52. The summed E-state index contributed by atoms with van der Waals surface area (Å²) in [6, 6.07) is 3.44. The molecule has 1 amide bonds. The Morgan fingerprint density at radius 2 is 2.21 bits per heavy atom. The second-order valence-corrected chi connectivity index (χ2v) is 4.97. The molecule has 6 heteroatoms. The highest BCUT2D eigenvalue weighted by atomic mass is 35.5. The monoisotopic (exact) mass is 304 g/mol. The van der Waals surface area contributed by atoms with E-state index in [1.807, 2.05) is 4.90 Å². The van der Waals surface area contributed by atoms with E-state index in [0.29, 0.717) is 22.0 Å². The molecule has 1 saturated heterocycles. The summed E-state index contributed by atoms with van der Waals surface area (Å²) in [6.45, 7) is 2.83. The molecule has 0 radical (unpaired) electrons. The molecule has 0 aliphatic carbocycles. The molecule has 0 saturated carbocycles. The number of nitrogens with zero attached hydrogens (tertiary/aromatic N) is 1.